The summed E-state index contributed by atoms with van der Waals surface area (Å²) in [6, 6.07) is 3.16. The molecule has 0 heterocycles. The molecule has 0 saturated heterocycles. The molecule has 0 bridgehead atoms. The van der Waals surface area contributed by atoms with Crippen molar-refractivity contribution in [3.63, 3.8) is 0 Å². The lowest BCUT2D eigenvalue weighted by Gasteiger charge is -2.21. The summed E-state index contributed by atoms with van der Waals surface area (Å²) < 4.78 is 25.5. The highest BCUT2D eigenvalue weighted by Crippen LogP contribution is 2.11. The summed E-state index contributed by atoms with van der Waals surface area (Å²) in [7, 11) is 1.62. The number of carbonyl (C=O) groups excluding carboxylic acids is 1. The number of hydrogen-bond donors (Lipinski definition) is 0. The molecule has 4 heteroatoms. The Morgan fingerprint density at radius 3 is 2.33 bits per heavy atom. The number of carbonyl (C=O) groups is 1. The highest BCUT2D eigenvalue weighted by atomic mass is 19.2. The van der Waals surface area contributed by atoms with E-state index in [4.69, 9.17) is 0 Å². The first-order chi connectivity index (χ1) is 6.93. The zero-order valence-electron chi connectivity index (χ0n) is 8.92. The maximum atomic E-state index is 12.9. The molecule has 0 radical (unpaired) electrons. The zero-order valence-corrected chi connectivity index (χ0v) is 8.92. The van der Waals surface area contributed by atoms with Gasteiger partial charge in [0.1, 0.15) is 0 Å². The van der Waals surface area contributed by atoms with Gasteiger partial charge in [-0.3, -0.25) is 4.79 Å². The van der Waals surface area contributed by atoms with Crippen molar-refractivity contribution in [2.45, 2.75) is 19.9 Å². The van der Waals surface area contributed by atoms with Gasteiger partial charge in [0, 0.05) is 18.7 Å². The monoisotopic (exact) mass is 213 g/mol. The lowest BCUT2D eigenvalue weighted by Crippen LogP contribution is -2.33. The number of benzene rings is 1. The lowest BCUT2D eigenvalue weighted by atomic mass is 10.1. The number of rotatable bonds is 2. The summed E-state index contributed by atoms with van der Waals surface area (Å²) in [5, 5.41) is 0. The summed E-state index contributed by atoms with van der Waals surface area (Å²) in [6.07, 6.45) is 0. The Balaban J connectivity index is 2.97. The van der Waals surface area contributed by atoms with E-state index in [0.29, 0.717) is 0 Å². The molecule has 1 aromatic carbocycles. The Kier molecular flexibility index (Phi) is 3.39. The molecule has 0 unspecified atom stereocenters. The molecule has 15 heavy (non-hydrogen) atoms. The number of nitrogens with zero attached hydrogens (tertiary/aromatic N) is 1. The molecule has 0 aromatic heterocycles. The van der Waals surface area contributed by atoms with Gasteiger partial charge in [-0.1, -0.05) is 0 Å². The lowest BCUT2D eigenvalue weighted by molar-refractivity contribution is 0.0754. The van der Waals surface area contributed by atoms with E-state index in [1.165, 1.54) is 11.0 Å². The molecule has 0 atom stereocenters. The van der Waals surface area contributed by atoms with Gasteiger partial charge in [-0.2, -0.15) is 0 Å². The first kappa shape index (κ1) is 11.6. The van der Waals surface area contributed by atoms with Crippen molar-refractivity contribution >= 4 is 5.91 Å². The van der Waals surface area contributed by atoms with Gasteiger partial charge in [-0.05, 0) is 32.0 Å². The Morgan fingerprint density at radius 2 is 1.87 bits per heavy atom. The third-order valence-electron chi connectivity index (χ3n) is 2.26. The van der Waals surface area contributed by atoms with E-state index in [0.717, 1.165) is 12.1 Å². The Labute approximate surface area is 87.5 Å². The Morgan fingerprint density at radius 1 is 1.27 bits per heavy atom. The van der Waals surface area contributed by atoms with E-state index >= 15 is 0 Å². The fraction of sp³-hybridized carbons (Fsp3) is 0.364. The molecule has 0 N–H and O–H groups in total. The highest BCUT2D eigenvalue weighted by Gasteiger charge is 2.15. The maximum Gasteiger partial charge on any atom is 0.253 e. The van der Waals surface area contributed by atoms with Gasteiger partial charge >= 0.3 is 0 Å². The average Bonchev–Trinajstić information content (AvgIpc) is 2.19. The van der Waals surface area contributed by atoms with Crippen LogP contribution < -0.4 is 0 Å². The number of hydrogen-bond acceptors (Lipinski definition) is 1. The number of amides is 1. The standard InChI is InChI=1S/C11H13F2NO/c1-7(2)14(3)11(15)8-4-5-9(12)10(13)6-8/h4-7H,1-3H3. The van der Waals surface area contributed by atoms with Crippen LogP contribution >= 0.6 is 0 Å². The Hall–Kier alpha value is -1.45. The highest BCUT2D eigenvalue weighted by molar-refractivity contribution is 5.94. The van der Waals surface area contributed by atoms with Gasteiger partial charge in [0.15, 0.2) is 11.6 Å². The van der Waals surface area contributed by atoms with Crippen molar-refractivity contribution in [2.75, 3.05) is 7.05 Å². The summed E-state index contributed by atoms with van der Waals surface area (Å²) in [6.45, 7) is 3.69. The minimum atomic E-state index is -1.00. The summed E-state index contributed by atoms with van der Waals surface area (Å²) in [5.41, 5.74) is 0.158. The van der Waals surface area contributed by atoms with Crippen molar-refractivity contribution in [3.8, 4) is 0 Å². The van der Waals surface area contributed by atoms with Gasteiger partial charge in [-0.25, -0.2) is 8.78 Å². The fourth-order valence-electron chi connectivity index (χ4n) is 1.07. The third-order valence-corrected chi connectivity index (χ3v) is 2.26. The maximum absolute atomic E-state index is 12.9. The molecular weight excluding hydrogens is 200 g/mol. The van der Waals surface area contributed by atoms with E-state index in [9.17, 15) is 13.6 Å². The first-order valence-electron chi connectivity index (χ1n) is 4.65. The van der Waals surface area contributed by atoms with Crippen molar-refractivity contribution in [2.24, 2.45) is 0 Å². The van der Waals surface area contributed by atoms with Crippen LogP contribution in [-0.4, -0.2) is 23.9 Å². The van der Waals surface area contributed by atoms with Crippen molar-refractivity contribution < 1.29 is 13.6 Å². The summed E-state index contributed by atoms with van der Waals surface area (Å²) in [4.78, 5) is 13.2. The molecule has 0 aliphatic carbocycles. The molecule has 1 amide bonds. The molecule has 82 valence electrons. The topological polar surface area (TPSA) is 20.3 Å². The van der Waals surface area contributed by atoms with Crippen molar-refractivity contribution in [1.82, 2.24) is 4.90 Å². The van der Waals surface area contributed by atoms with E-state index in [1.807, 2.05) is 13.8 Å². The van der Waals surface area contributed by atoms with Crippen LogP contribution in [0.5, 0.6) is 0 Å². The predicted molar refractivity (Wildman–Crippen MR) is 53.6 cm³/mol. The predicted octanol–water partition coefficient (Wildman–Crippen LogP) is 2.45. The second-order valence-electron chi connectivity index (χ2n) is 3.64. The largest absolute Gasteiger partial charge is 0.339 e. The quantitative estimate of drug-likeness (QED) is 0.739. The zero-order chi connectivity index (χ0) is 11.6. The Bertz CT molecular complexity index is 377. The minimum Gasteiger partial charge on any atom is -0.339 e. The molecule has 0 spiro atoms. The van der Waals surface area contributed by atoms with Crippen LogP contribution in [0.2, 0.25) is 0 Å². The SMILES string of the molecule is CC(C)N(C)C(=O)c1ccc(F)c(F)c1. The van der Waals surface area contributed by atoms with Crippen LogP contribution in [0.1, 0.15) is 24.2 Å². The molecule has 0 aliphatic heterocycles. The van der Waals surface area contributed by atoms with Gasteiger partial charge in [0.05, 0.1) is 0 Å². The third kappa shape index (κ3) is 2.52. The van der Waals surface area contributed by atoms with E-state index in [2.05, 4.69) is 0 Å². The van der Waals surface area contributed by atoms with Crippen LogP contribution in [0.25, 0.3) is 0 Å². The summed E-state index contributed by atoms with van der Waals surface area (Å²) in [5.74, 6) is -2.26. The van der Waals surface area contributed by atoms with Crippen LogP contribution in [0.15, 0.2) is 18.2 Å². The summed E-state index contributed by atoms with van der Waals surface area (Å²) >= 11 is 0. The van der Waals surface area contributed by atoms with Gasteiger partial charge in [0.2, 0.25) is 0 Å². The van der Waals surface area contributed by atoms with Crippen molar-refractivity contribution in [3.05, 3.63) is 35.4 Å². The molecular formula is C11H13F2NO. The van der Waals surface area contributed by atoms with E-state index < -0.39 is 11.6 Å². The van der Waals surface area contributed by atoms with Crippen molar-refractivity contribution in [1.29, 1.82) is 0 Å². The van der Waals surface area contributed by atoms with Gasteiger partial charge in [-0.15, -0.1) is 0 Å². The fourth-order valence-corrected chi connectivity index (χ4v) is 1.07. The van der Waals surface area contributed by atoms with Crippen LogP contribution in [0.3, 0.4) is 0 Å². The molecule has 0 saturated carbocycles. The second kappa shape index (κ2) is 4.38. The average molecular weight is 213 g/mol. The molecule has 2 nitrogen and oxygen atoms in total. The van der Waals surface area contributed by atoms with Crippen LogP contribution in [-0.2, 0) is 0 Å². The minimum absolute atomic E-state index is 0.0191. The number of halogens is 2. The van der Waals surface area contributed by atoms with E-state index in [-0.39, 0.29) is 17.5 Å². The second-order valence-corrected chi connectivity index (χ2v) is 3.64. The van der Waals surface area contributed by atoms with Crippen LogP contribution in [0.4, 0.5) is 8.78 Å². The normalized spacial score (nSPS) is 10.5. The molecule has 1 rings (SSSR count). The van der Waals surface area contributed by atoms with Gasteiger partial charge in [0.25, 0.3) is 5.91 Å². The molecule has 0 aliphatic rings. The van der Waals surface area contributed by atoms with E-state index in [1.54, 1.807) is 7.05 Å². The molecule has 1 aromatic rings. The van der Waals surface area contributed by atoms with Crippen LogP contribution in [0, 0.1) is 11.6 Å². The first-order valence-corrected chi connectivity index (χ1v) is 4.65. The smallest absolute Gasteiger partial charge is 0.253 e. The van der Waals surface area contributed by atoms with Gasteiger partial charge < -0.3 is 4.90 Å². The molecule has 0 fully saturated rings.